The molecule has 3 unspecified atom stereocenters. The van der Waals surface area contributed by atoms with Crippen LogP contribution in [0.1, 0.15) is 33.1 Å². The second-order valence-corrected chi connectivity index (χ2v) is 13.0. The van der Waals surface area contributed by atoms with E-state index < -0.39 is 66.2 Å². The van der Waals surface area contributed by atoms with E-state index in [1.807, 2.05) is 13.0 Å². The number of nitrogens with zero attached hydrogens (tertiary/aromatic N) is 4. The molecule has 0 amide bonds. The number of aliphatic imine (C=N–C) groups is 3. The highest BCUT2D eigenvalue weighted by Gasteiger charge is 2.50. The summed E-state index contributed by atoms with van der Waals surface area (Å²) in [5.74, 6) is -0.276. The van der Waals surface area contributed by atoms with Gasteiger partial charge in [0.15, 0.2) is 23.4 Å². The number of rotatable bonds is 12. The third kappa shape index (κ3) is 7.86. The van der Waals surface area contributed by atoms with Crippen LogP contribution >= 0.6 is 23.5 Å². The highest BCUT2D eigenvalue weighted by molar-refractivity contribution is 7.66. The molecule has 0 bridgehead atoms. The molecule has 216 valence electrons. The largest absolute Gasteiger partial charge is 0.492 e. The zero-order chi connectivity index (χ0) is 28.5. The number of fused-ring (bicyclic) bond motifs is 1. The Morgan fingerprint density at radius 2 is 1.79 bits per heavy atom. The standard InChI is InChI=1S/C17H29N4O14P3/c1-3-4-5-6-7-17(2)19-14-11(15(24)20-17)18-9-21(14)16-13(23)12(22)10(33-16)8-32-37(28,29)35-38(30,31)34-36(25,26)27/h6-7,10,12-13,16,22-23H,3-5,8-9H2,1-2H3,(H,20,24)(H,28,29)(H,30,31)(H2,25,26,27)/t10-,12-,13-,16-,17?/m1/s1. The molecule has 38 heavy (non-hydrogen) atoms. The van der Waals surface area contributed by atoms with Gasteiger partial charge in [0.05, 0.1) is 6.61 Å². The number of aliphatic hydroxyl groups is 3. The monoisotopic (exact) mass is 606 g/mol. The summed E-state index contributed by atoms with van der Waals surface area (Å²) in [7, 11) is -16.8. The lowest BCUT2D eigenvalue weighted by Gasteiger charge is -2.31. The van der Waals surface area contributed by atoms with Gasteiger partial charge in [-0.3, -0.25) is 9.52 Å². The molecule has 3 heterocycles. The number of unbranched alkanes of at least 4 members (excludes halogenated alkanes) is 2. The first-order valence-electron chi connectivity index (χ1n) is 11.1. The summed E-state index contributed by atoms with van der Waals surface area (Å²) in [6, 6.07) is 0. The van der Waals surface area contributed by atoms with Crippen molar-refractivity contribution in [1.29, 1.82) is 0 Å². The Morgan fingerprint density at radius 1 is 1.11 bits per heavy atom. The fourth-order valence-electron chi connectivity index (χ4n) is 3.71. The van der Waals surface area contributed by atoms with E-state index in [9.17, 15) is 38.8 Å². The molecule has 7 atom stereocenters. The van der Waals surface area contributed by atoms with Crippen LogP contribution in [0.3, 0.4) is 0 Å². The fraction of sp³-hybridized carbons (Fsp3) is 0.706. The number of hydrogen-bond acceptors (Lipinski definition) is 13. The van der Waals surface area contributed by atoms with E-state index in [-0.39, 0.29) is 18.2 Å². The number of phosphoric acid groups is 3. The van der Waals surface area contributed by atoms with Crippen LogP contribution in [0.2, 0.25) is 0 Å². The first-order valence-corrected chi connectivity index (χ1v) is 15.7. The smallest absolute Gasteiger partial charge is 0.490 e. The summed E-state index contributed by atoms with van der Waals surface area (Å²) in [5.41, 5.74) is -1.15. The summed E-state index contributed by atoms with van der Waals surface area (Å²) in [5, 5.41) is 31.4. The van der Waals surface area contributed by atoms with Crippen molar-refractivity contribution in [1.82, 2.24) is 4.90 Å². The maximum absolute atomic E-state index is 12.0. The van der Waals surface area contributed by atoms with Crippen LogP contribution in [-0.2, 0) is 31.6 Å². The average Bonchev–Trinajstić information content (AvgIpc) is 3.28. The van der Waals surface area contributed by atoms with E-state index in [0.29, 0.717) is 0 Å². The fourth-order valence-corrected chi connectivity index (χ4v) is 6.74. The highest BCUT2D eigenvalue weighted by atomic mass is 31.3. The summed E-state index contributed by atoms with van der Waals surface area (Å²) in [6.45, 7) is 2.55. The Labute approximate surface area is 216 Å². The van der Waals surface area contributed by atoms with E-state index in [1.165, 1.54) is 4.90 Å². The van der Waals surface area contributed by atoms with Gasteiger partial charge in [0.25, 0.3) is 0 Å². The molecule has 3 aliphatic heterocycles. The molecule has 0 spiro atoms. The van der Waals surface area contributed by atoms with Crippen molar-refractivity contribution in [2.24, 2.45) is 15.0 Å². The third-order valence-electron chi connectivity index (χ3n) is 5.36. The molecule has 0 aliphatic carbocycles. The van der Waals surface area contributed by atoms with Gasteiger partial charge < -0.3 is 44.5 Å². The van der Waals surface area contributed by atoms with Crippen LogP contribution in [0.15, 0.2) is 27.1 Å². The first kappa shape index (κ1) is 31.2. The van der Waals surface area contributed by atoms with Gasteiger partial charge in [-0.1, -0.05) is 25.8 Å². The maximum atomic E-state index is 12.0. The predicted molar refractivity (Wildman–Crippen MR) is 129 cm³/mol. The quantitative estimate of drug-likeness (QED) is 0.0895. The maximum Gasteiger partial charge on any atom is 0.490 e. The SMILES string of the molecule is CCCCC=CC1(C)N=C(O)C2=NCN([C@@H]3O[C@H](COP(=O)(O)OP(=O)(O)OP(=O)(O)O)[C@@H](O)[C@H]3O)C2=N1. The lowest BCUT2D eigenvalue weighted by atomic mass is 10.1. The van der Waals surface area contributed by atoms with Gasteiger partial charge in [0, 0.05) is 0 Å². The first-order chi connectivity index (χ1) is 17.5. The number of hydrogen-bond donors (Lipinski definition) is 7. The van der Waals surface area contributed by atoms with Crippen molar-refractivity contribution in [2.45, 2.75) is 63.3 Å². The van der Waals surface area contributed by atoms with Crippen LogP contribution in [0.5, 0.6) is 0 Å². The molecule has 1 saturated heterocycles. The van der Waals surface area contributed by atoms with Crippen LogP contribution in [0, 0.1) is 0 Å². The number of aliphatic hydroxyl groups excluding tert-OH is 3. The second kappa shape index (κ2) is 11.6. The Bertz CT molecular complexity index is 1170. The van der Waals surface area contributed by atoms with Crippen molar-refractivity contribution in [2.75, 3.05) is 13.3 Å². The van der Waals surface area contributed by atoms with Crippen LogP contribution in [0.4, 0.5) is 0 Å². The summed E-state index contributed by atoms with van der Waals surface area (Å²) in [4.78, 5) is 50.2. The third-order valence-corrected chi connectivity index (χ3v) is 9.16. The van der Waals surface area contributed by atoms with E-state index in [4.69, 9.17) is 14.5 Å². The molecular formula is C17H29N4O14P3. The van der Waals surface area contributed by atoms with E-state index in [2.05, 4.69) is 28.1 Å². The van der Waals surface area contributed by atoms with Gasteiger partial charge in [0.2, 0.25) is 5.90 Å². The van der Waals surface area contributed by atoms with Gasteiger partial charge in [0.1, 0.15) is 25.0 Å². The predicted octanol–water partition coefficient (Wildman–Crippen LogP) is 0.322. The Balaban J connectivity index is 1.69. The van der Waals surface area contributed by atoms with Crippen molar-refractivity contribution >= 4 is 40.9 Å². The van der Waals surface area contributed by atoms with Gasteiger partial charge in [-0.2, -0.15) is 8.62 Å². The molecule has 21 heteroatoms. The molecule has 0 aromatic heterocycles. The Hall–Kier alpha value is -1.36. The minimum atomic E-state index is -5.73. The second-order valence-electron chi connectivity index (χ2n) is 8.56. The Morgan fingerprint density at radius 3 is 2.42 bits per heavy atom. The summed E-state index contributed by atoms with van der Waals surface area (Å²) in [6.07, 6.45) is 0.120. The number of phosphoric ester groups is 1. The van der Waals surface area contributed by atoms with Crippen molar-refractivity contribution in [3.63, 3.8) is 0 Å². The number of amidine groups is 1. The molecule has 7 N–H and O–H groups in total. The topological polar surface area (TPSA) is 270 Å². The average molecular weight is 606 g/mol. The van der Waals surface area contributed by atoms with Crippen LogP contribution in [0.25, 0.3) is 0 Å². The lowest BCUT2D eigenvalue weighted by Crippen LogP contribution is -2.49. The molecule has 1 fully saturated rings. The number of ether oxygens (including phenoxy) is 1. The minimum Gasteiger partial charge on any atom is -0.492 e. The van der Waals surface area contributed by atoms with Gasteiger partial charge in [-0.05, 0) is 19.4 Å². The molecule has 3 rings (SSSR count). The summed E-state index contributed by atoms with van der Waals surface area (Å²) < 4.78 is 51.5. The van der Waals surface area contributed by atoms with E-state index >= 15 is 0 Å². The molecular weight excluding hydrogens is 577 g/mol. The lowest BCUT2D eigenvalue weighted by molar-refractivity contribution is -0.0682. The van der Waals surface area contributed by atoms with Crippen molar-refractivity contribution in [3.05, 3.63) is 12.2 Å². The van der Waals surface area contributed by atoms with Gasteiger partial charge in [-0.15, -0.1) is 0 Å². The molecule has 0 radical (unpaired) electrons. The van der Waals surface area contributed by atoms with E-state index in [0.717, 1.165) is 19.3 Å². The molecule has 3 aliphatic rings. The van der Waals surface area contributed by atoms with Crippen molar-refractivity contribution < 1.29 is 66.5 Å². The van der Waals surface area contributed by atoms with Crippen molar-refractivity contribution in [3.8, 4) is 0 Å². The van der Waals surface area contributed by atoms with Crippen LogP contribution < -0.4 is 0 Å². The molecule has 0 saturated carbocycles. The zero-order valence-corrected chi connectivity index (χ0v) is 22.8. The highest BCUT2D eigenvalue weighted by Crippen LogP contribution is 2.66. The minimum absolute atomic E-state index is 0.0337. The number of allylic oxidation sites excluding steroid dienone is 1. The van der Waals surface area contributed by atoms with Crippen LogP contribution in [-0.4, -0.2) is 101 Å². The van der Waals surface area contributed by atoms with Gasteiger partial charge >= 0.3 is 23.5 Å². The Kier molecular flexibility index (Phi) is 9.54. The van der Waals surface area contributed by atoms with Gasteiger partial charge in [-0.25, -0.2) is 23.7 Å². The normalized spacial score (nSPS) is 32.9. The molecule has 18 nitrogen and oxygen atoms in total. The molecule has 0 aromatic carbocycles. The molecule has 0 aromatic rings. The van der Waals surface area contributed by atoms with E-state index in [1.54, 1.807) is 13.0 Å². The summed E-state index contributed by atoms with van der Waals surface area (Å²) >= 11 is 0. The zero-order valence-electron chi connectivity index (χ0n) is 20.1.